The lowest BCUT2D eigenvalue weighted by Crippen LogP contribution is -2.37. The number of likely N-dealkylation sites (tertiary alicyclic amines) is 1. The predicted molar refractivity (Wildman–Crippen MR) is 145 cm³/mol. The van der Waals surface area contributed by atoms with Crippen LogP contribution in [0.5, 0.6) is 0 Å². The normalized spacial score (nSPS) is 18.7. The fourth-order valence-electron chi connectivity index (χ4n) is 5.00. The van der Waals surface area contributed by atoms with Gasteiger partial charge in [-0.05, 0) is 43.7 Å². The van der Waals surface area contributed by atoms with Crippen LogP contribution < -0.4 is 11.1 Å². The SMILES string of the molecule is C=CC(=O)N1CC(n2c(C#CC3CC3)c(C(=O)NCc3ccccc3)c3c(N)ncnc32)CC1COCC. The molecule has 1 aliphatic heterocycles. The number of nitrogen functional groups attached to an aromatic ring is 1. The summed E-state index contributed by atoms with van der Waals surface area (Å²) in [6, 6.07) is 9.39. The Morgan fingerprint density at radius 3 is 2.76 bits per heavy atom. The summed E-state index contributed by atoms with van der Waals surface area (Å²) in [5.74, 6) is 6.71. The number of nitrogens with zero attached hydrogens (tertiary/aromatic N) is 4. The van der Waals surface area contributed by atoms with E-state index in [4.69, 9.17) is 10.5 Å². The highest BCUT2D eigenvalue weighted by Crippen LogP contribution is 2.37. The molecule has 2 aliphatic rings. The highest BCUT2D eigenvalue weighted by atomic mass is 16.5. The van der Waals surface area contributed by atoms with E-state index in [2.05, 4.69) is 33.7 Å². The van der Waals surface area contributed by atoms with E-state index in [-0.39, 0.29) is 29.7 Å². The number of nitrogens with one attached hydrogen (secondary N) is 1. The summed E-state index contributed by atoms with van der Waals surface area (Å²) in [5.41, 5.74) is 8.79. The van der Waals surface area contributed by atoms with Crippen molar-refractivity contribution >= 4 is 28.7 Å². The first-order valence-corrected chi connectivity index (χ1v) is 13.0. The highest BCUT2D eigenvalue weighted by Gasteiger charge is 2.38. The molecule has 2 amide bonds. The number of anilines is 1. The van der Waals surface area contributed by atoms with Gasteiger partial charge in [-0.1, -0.05) is 42.8 Å². The Morgan fingerprint density at radius 1 is 1.26 bits per heavy atom. The second-order valence-electron chi connectivity index (χ2n) is 9.66. The Balaban J connectivity index is 1.60. The molecule has 0 spiro atoms. The van der Waals surface area contributed by atoms with Crippen molar-refractivity contribution in [1.82, 2.24) is 24.8 Å². The molecule has 0 bridgehead atoms. The van der Waals surface area contributed by atoms with E-state index in [1.165, 1.54) is 12.4 Å². The van der Waals surface area contributed by atoms with Crippen molar-refractivity contribution in [3.63, 3.8) is 0 Å². The minimum Gasteiger partial charge on any atom is -0.383 e. The molecule has 2 aromatic heterocycles. The first kappa shape index (κ1) is 25.5. The summed E-state index contributed by atoms with van der Waals surface area (Å²) in [7, 11) is 0. The van der Waals surface area contributed by atoms with Crippen molar-refractivity contribution in [3.8, 4) is 11.8 Å². The van der Waals surface area contributed by atoms with Gasteiger partial charge >= 0.3 is 0 Å². The molecule has 9 heteroatoms. The van der Waals surface area contributed by atoms with E-state index in [1.807, 2.05) is 41.8 Å². The fourth-order valence-corrected chi connectivity index (χ4v) is 5.00. The summed E-state index contributed by atoms with van der Waals surface area (Å²) >= 11 is 0. The molecular formula is C29H32N6O3. The second kappa shape index (κ2) is 11.1. The average molecular weight is 513 g/mol. The van der Waals surface area contributed by atoms with Crippen molar-refractivity contribution in [2.24, 2.45) is 5.92 Å². The van der Waals surface area contributed by atoms with Gasteiger partial charge in [0.05, 0.1) is 29.6 Å². The van der Waals surface area contributed by atoms with Crippen LogP contribution in [0.3, 0.4) is 0 Å². The largest absolute Gasteiger partial charge is 0.383 e. The molecule has 5 rings (SSSR count). The van der Waals surface area contributed by atoms with Gasteiger partial charge in [-0.15, -0.1) is 0 Å². The van der Waals surface area contributed by atoms with Crippen LogP contribution in [0.4, 0.5) is 5.82 Å². The number of hydrogen-bond acceptors (Lipinski definition) is 6. The number of aromatic nitrogens is 3. The number of amides is 2. The third-order valence-corrected chi connectivity index (χ3v) is 7.04. The molecule has 1 aliphatic carbocycles. The number of carbonyl (C=O) groups is 2. The molecule has 3 N–H and O–H groups in total. The van der Waals surface area contributed by atoms with Gasteiger partial charge in [0.25, 0.3) is 5.91 Å². The number of ether oxygens (including phenoxy) is 1. The molecule has 2 unspecified atom stereocenters. The molecule has 1 saturated heterocycles. The lowest BCUT2D eigenvalue weighted by Gasteiger charge is -2.22. The Bertz CT molecular complexity index is 1420. The van der Waals surface area contributed by atoms with Crippen LogP contribution in [0.15, 0.2) is 49.3 Å². The lowest BCUT2D eigenvalue weighted by molar-refractivity contribution is -0.127. The van der Waals surface area contributed by atoms with Gasteiger partial charge in [-0.25, -0.2) is 9.97 Å². The second-order valence-corrected chi connectivity index (χ2v) is 9.66. The van der Waals surface area contributed by atoms with Crippen molar-refractivity contribution < 1.29 is 14.3 Å². The summed E-state index contributed by atoms with van der Waals surface area (Å²) < 4.78 is 7.67. The van der Waals surface area contributed by atoms with Crippen LogP contribution in [0.25, 0.3) is 11.0 Å². The van der Waals surface area contributed by atoms with Crippen LogP contribution in [0.1, 0.15) is 53.8 Å². The van der Waals surface area contributed by atoms with Crippen LogP contribution in [0.2, 0.25) is 0 Å². The van der Waals surface area contributed by atoms with Crippen molar-refractivity contribution in [2.45, 2.75) is 44.8 Å². The molecule has 38 heavy (non-hydrogen) atoms. The maximum absolute atomic E-state index is 13.7. The maximum Gasteiger partial charge on any atom is 0.255 e. The van der Waals surface area contributed by atoms with E-state index >= 15 is 0 Å². The van der Waals surface area contributed by atoms with Gasteiger partial charge in [0, 0.05) is 25.6 Å². The predicted octanol–water partition coefficient (Wildman–Crippen LogP) is 3.07. The van der Waals surface area contributed by atoms with Gasteiger partial charge in [0.2, 0.25) is 5.91 Å². The van der Waals surface area contributed by atoms with E-state index in [1.54, 1.807) is 4.90 Å². The van der Waals surface area contributed by atoms with Crippen LogP contribution >= 0.6 is 0 Å². The molecule has 2 atom stereocenters. The standard InChI is InChI=1S/C29H32N6O3/c1-3-24(36)34-16-21(14-22(34)17-38-4-2)35-23(13-12-19-10-11-19)25(26-27(30)32-18-33-28(26)35)29(37)31-15-20-8-6-5-7-9-20/h3,5-9,18-19,21-22H,1,4,10-11,14-17H2,2H3,(H,31,37)(H2,30,32,33). The average Bonchev–Trinajstić information content (AvgIpc) is 3.58. The molecule has 1 saturated carbocycles. The van der Waals surface area contributed by atoms with E-state index in [9.17, 15) is 9.59 Å². The Morgan fingerprint density at radius 2 is 2.05 bits per heavy atom. The summed E-state index contributed by atoms with van der Waals surface area (Å²) in [6.45, 7) is 7.34. The van der Waals surface area contributed by atoms with E-state index in [0.717, 1.165) is 18.4 Å². The number of carbonyl (C=O) groups excluding carboxylic acids is 2. The lowest BCUT2D eigenvalue weighted by atomic mass is 10.1. The smallest absolute Gasteiger partial charge is 0.255 e. The Kier molecular flexibility index (Phi) is 7.43. The monoisotopic (exact) mass is 512 g/mol. The summed E-state index contributed by atoms with van der Waals surface area (Å²) in [6.07, 6.45) is 5.44. The van der Waals surface area contributed by atoms with Gasteiger partial charge in [-0.2, -0.15) is 0 Å². The Labute approximate surface area is 222 Å². The number of nitrogens with two attached hydrogens (primary N) is 1. The minimum atomic E-state index is -0.290. The molecule has 3 heterocycles. The topological polar surface area (TPSA) is 115 Å². The first-order chi connectivity index (χ1) is 18.5. The molecular weight excluding hydrogens is 480 g/mol. The van der Waals surface area contributed by atoms with E-state index < -0.39 is 0 Å². The Hall–Kier alpha value is -4.16. The number of hydrogen-bond donors (Lipinski definition) is 2. The summed E-state index contributed by atoms with van der Waals surface area (Å²) in [5, 5.41) is 3.51. The highest BCUT2D eigenvalue weighted by molar-refractivity contribution is 6.11. The van der Waals surface area contributed by atoms with Crippen molar-refractivity contribution in [1.29, 1.82) is 0 Å². The third-order valence-electron chi connectivity index (χ3n) is 7.04. The van der Waals surface area contributed by atoms with Gasteiger partial charge in [0.15, 0.2) is 0 Å². The fraction of sp³-hybridized carbons (Fsp3) is 0.379. The first-order valence-electron chi connectivity index (χ1n) is 13.0. The van der Waals surface area contributed by atoms with E-state index in [0.29, 0.717) is 60.9 Å². The van der Waals surface area contributed by atoms with Crippen LogP contribution in [-0.2, 0) is 16.1 Å². The number of fused-ring (bicyclic) bond motifs is 1. The van der Waals surface area contributed by atoms with Gasteiger partial charge < -0.3 is 25.3 Å². The molecule has 3 aromatic rings. The zero-order valence-electron chi connectivity index (χ0n) is 21.5. The van der Waals surface area contributed by atoms with Gasteiger partial charge in [0.1, 0.15) is 23.5 Å². The van der Waals surface area contributed by atoms with Crippen LogP contribution in [-0.4, -0.2) is 57.0 Å². The van der Waals surface area contributed by atoms with Crippen molar-refractivity contribution in [3.05, 3.63) is 66.1 Å². The zero-order chi connectivity index (χ0) is 26.6. The molecule has 196 valence electrons. The quantitative estimate of drug-likeness (QED) is 0.354. The molecule has 9 nitrogen and oxygen atoms in total. The summed E-state index contributed by atoms with van der Waals surface area (Å²) in [4.78, 5) is 37.0. The van der Waals surface area contributed by atoms with Gasteiger partial charge in [-0.3, -0.25) is 9.59 Å². The maximum atomic E-state index is 13.7. The molecule has 0 radical (unpaired) electrons. The van der Waals surface area contributed by atoms with Crippen LogP contribution in [0, 0.1) is 17.8 Å². The number of rotatable bonds is 8. The third kappa shape index (κ3) is 5.13. The number of benzene rings is 1. The zero-order valence-corrected chi connectivity index (χ0v) is 21.5. The minimum absolute atomic E-state index is 0.137. The molecule has 1 aromatic carbocycles. The van der Waals surface area contributed by atoms with Crippen molar-refractivity contribution in [2.75, 3.05) is 25.5 Å². The molecule has 2 fully saturated rings.